The Morgan fingerprint density at radius 1 is 1.18 bits per heavy atom. The fourth-order valence-electron chi connectivity index (χ4n) is 3.95. The summed E-state index contributed by atoms with van der Waals surface area (Å²) in [5, 5.41) is 0. The Bertz CT molecular complexity index is 683. The Morgan fingerprint density at radius 2 is 1.91 bits per heavy atom. The van der Waals surface area contributed by atoms with Crippen molar-refractivity contribution in [2.24, 2.45) is 5.92 Å². The van der Waals surface area contributed by atoms with Gasteiger partial charge in [-0.1, -0.05) is 28.1 Å². The van der Waals surface area contributed by atoms with Crippen LogP contribution in [0.2, 0.25) is 0 Å². The third-order valence-corrected chi connectivity index (χ3v) is 5.47. The van der Waals surface area contributed by atoms with Gasteiger partial charge < -0.3 is 4.98 Å². The average Bonchev–Trinajstić information content (AvgIpc) is 2.89. The minimum absolute atomic E-state index is 0.200. The first-order chi connectivity index (χ1) is 10.4. The fraction of sp³-hybridized carbons (Fsp3) is 0.500. The van der Waals surface area contributed by atoms with Crippen LogP contribution < -0.4 is 0 Å². The van der Waals surface area contributed by atoms with Crippen LogP contribution in [-0.4, -0.2) is 26.4 Å². The van der Waals surface area contributed by atoms with Crippen LogP contribution in [0.3, 0.4) is 0 Å². The van der Waals surface area contributed by atoms with Gasteiger partial charge in [-0.2, -0.15) is 0 Å². The van der Waals surface area contributed by atoms with Crippen LogP contribution in [0.5, 0.6) is 0 Å². The zero-order chi connectivity index (χ0) is 15.5. The number of hydrogen-bond donors (Lipinski definition) is 1. The number of nitrogens with zero attached hydrogens (tertiary/aromatic N) is 2. The molecule has 4 rings (SSSR count). The largest absolute Gasteiger partial charge is 0.341 e. The summed E-state index contributed by atoms with van der Waals surface area (Å²) in [7, 11) is 0. The van der Waals surface area contributed by atoms with E-state index in [0.29, 0.717) is 6.04 Å². The molecule has 2 aromatic rings. The lowest BCUT2D eigenvalue weighted by Gasteiger charge is -2.38. The van der Waals surface area contributed by atoms with Crippen molar-refractivity contribution >= 4 is 15.9 Å². The molecule has 0 amide bonds. The van der Waals surface area contributed by atoms with Crippen LogP contribution >= 0.6 is 15.9 Å². The summed E-state index contributed by atoms with van der Waals surface area (Å²) in [4.78, 5) is 10.9. The van der Waals surface area contributed by atoms with Gasteiger partial charge in [0.1, 0.15) is 5.82 Å². The average molecular weight is 360 g/mol. The Hall–Kier alpha value is -1.13. The van der Waals surface area contributed by atoms with Crippen molar-refractivity contribution in [1.82, 2.24) is 14.9 Å². The van der Waals surface area contributed by atoms with Crippen LogP contribution in [0.1, 0.15) is 45.5 Å². The molecular weight excluding hydrogens is 338 g/mol. The van der Waals surface area contributed by atoms with E-state index in [1.807, 2.05) is 6.20 Å². The van der Waals surface area contributed by atoms with E-state index in [9.17, 15) is 0 Å². The van der Waals surface area contributed by atoms with Crippen molar-refractivity contribution in [3.63, 3.8) is 0 Å². The number of hydrogen-bond acceptors (Lipinski definition) is 2. The zero-order valence-corrected chi connectivity index (χ0v) is 14.9. The highest BCUT2D eigenvalue weighted by Crippen LogP contribution is 2.55. The molecule has 1 saturated carbocycles. The van der Waals surface area contributed by atoms with E-state index in [-0.39, 0.29) is 5.54 Å². The number of benzene rings is 1. The summed E-state index contributed by atoms with van der Waals surface area (Å²) >= 11 is 3.49. The molecule has 1 saturated heterocycles. The molecule has 2 aliphatic rings. The number of likely N-dealkylation sites (tertiary alicyclic amines) is 1. The van der Waals surface area contributed by atoms with Gasteiger partial charge in [0.05, 0.1) is 17.9 Å². The van der Waals surface area contributed by atoms with Gasteiger partial charge in [-0.05, 0) is 57.2 Å². The van der Waals surface area contributed by atoms with E-state index in [2.05, 4.69) is 70.9 Å². The number of aromatic nitrogens is 2. The maximum Gasteiger partial charge on any atom is 0.123 e. The minimum atomic E-state index is 0.200. The third kappa shape index (κ3) is 2.42. The molecule has 3 nitrogen and oxygen atoms in total. The van der Waals surface area contributed by atoms with Gasteiger partial charge >= 0.3 is 0 Å². The van der Waals surface area contributed by atoms with Gasteiger partial charge in [-0.15, -0.1) is 0 Å². The molecule has 0 bridgehead atoms. The molecule has 1 N–H and O–H groups in total. The normalized spacial score (nSPS) is 27.9. The first-order valence-electron chi connectivity index (χ1n) is 8.03. The molecule has 1 aromatic carbocycles. The van der Waals surface area contributed by atoms with Crippen molar-refractivity contribution in [3.8, 4) is 11.3 Å². The molecule has 1 aliphatic carbocycles. The Labute approximate surface area is 140 Å². The number of rotatable bonds is 2. The molecule has 0 radical (unpaired) electrons. The molecule has 22 heavy (non-hydrogen) atoms. The molecule has 116 valence electrons. The minimum Gasteiger partial charge on any atom is -0.341 e. The molecule has 0 spiro atoms. The van der Waals surface area contributed by atoms with Crippen molar-refractivity contribution < 1.29 is 0 Å². The summed E-state index contributed by atoms with van der Waals surface area (Å²) in [6.07, 6.45) is 4.59. The second kappa shape index (κ2) is 4.93. The molecular formula is C18H22BrN3. The van der Waals surface area contributed by atoms with Crippen LogP contribution in [0.25, 0.3) is 11.3 Å². The first-order valence-corrected chi connectivity index (χ1v) is 8.82. The molecule has 1 aromatic heterocycles. The molecule has 2 heterocycles. The summed E-state index contributed by atoms with van der Waals surface area (Å²) in [6, 6.07) is 9.59. The van der Waals surface area contributed by atoms with Crippen LogP contribution in [0, 0.1) is 5.92 Å². The number of imidazole rings is 1. The van der Waals surface area contributed by atoms with E-state index < -0.39 is 0 Å². The second-order valence-electron chi connectivity index (χ2n) is 7.58. The van der Waals surface area contributed by atoms with Gasteiger partial charge in [0.2, 0.25) is 0 Å². The topological polar surface area (TPSA) is 31.9 Å². The quantitative estimate of drug-likeness (QED) is 0.836. The van der Waals surface area contributed by atoms with Crippen molar-refractivity contribution in [2.45, 2.75) is 51.2 Å². The summed E-state index contributed by atoms with van der Waals surface area (Å²) in [6.45, 7) is 6.96. The van der Waals surface area contributed by atoms with E-state index in [1.165, 1.54) is 18.4 Å². The van der Waals surface area contributed by atoms with Gasteiger partial charge in [-0.25, -0.2) is 4.98 Å². The molecule has 4 heteroatoms. The Balaban J connectivity index is 1.63. The van der Waals surface area contributed by atoms with Gasteiger partial charge in [0, 0.05) is 16.1 Å². The predicted molar refractivity (Wildman–Crippen MR) is 92.6 cm³/mol. The van der Waals surface area contributed by atoms with Crippen molar-refractivity contribution in [3.05, 3.63) is 40.8 Å². The number of aromatic amines is 1. The van der Waals surface area contributed by atoms with Gasteiger partial charge in [0.15, 0.2) is 0 Å². The lowest BCUT2D eigenvalue weighted by Crippen LogP contribution is -2.43. The smallest absolute Gasteiger partial charge is 0.123 e. The predicted octanol–water partition coefficient (Wildman–Crippen LogP) is 4.77. The summed E-state index contributed by atoms with van der Waals surface area (Å²) in [5.74, 6) is 2.01. The van der Waals surface area contributed by atoms with E-state index in [0.717, 1.165) is 28.0 Å². The highest BCUT2D eigenvalue weighted by atomic mass is 79.9. The second-order valence-corrected chi connectivity index (χ2v) is 8.50. The number of H-pyrrole nitrogens is 1. The maximum atomic E-state index is 4.71. The Kier molecular flexibility index (Phi) is 3.24. The standard InChI is InChI=1S/C18H22BrN3/c1-18(2,3)22-15-8-12(15)9-16(22)17-20-10-14(21-17)11-4-6-13(19)7-5-11/h4-7,10,12,15-16H,8-9H2,1-3H3,(H,20,21)/t12-,15-,16?/m1/s1. The van der Waals surface area contributed by atoms with E-state index in [4.69, 9.17) is 4.98 Å². The first kappa shape index (κ1) is 14.5. The lowest BCUT2D eigenvalue weighted by molar-refractivity contribution is 0.0914. The van der Waals surface area contributed by atoms with Crippen LogP contribution in [-0.2, 0) is 0 Å². The van der Waals surface area contributed by atoms with Gasteiger partial charge in [-0.3, -0.25) is 4.90 Å². The molecule has 2 fully saturated rings. The monoisotopic (exact) mass is 359 g/mol. The number of fused-ring (bicyclic) bond motifs is 1. The SMILES string of the molecule is CC(C)(C)N1C(c2ncc(-c3ccc(Br)cc3)[nH]2)C[C@H]2C[C@H]21. The molecule has 1 aliphatic heterocycles. The third-order valence-electron chi connectivity index (χ3n) is 4.95. The number of halogens is 1. The van der Waals surface area contributed by atoms with Crippen molar-refractivity contribution in [1.29, 1.82) is 0 Å². The Morgan fingerprint density at radius 3 is 2.59 bits per heavy atom. The fourth-order valence-corrected chi connectivity index (χ4v) is 4.21. The van der Waals surface area contributed by atoms with Crippen LogP contribution in [0.15, 0.2) is 34.9 Å². The highest BCUT2D eigenvalue weighted by molar-refractivity contribution is 9.10. The maximum absolute atomic E-state index is 4.71. The van der Waals surface area contributed by atoms with Gasteiger partial charge in [0.25, 0.3) is 0 Å². The zero-order valence-electron chi connectivity index (χ0n) is 13.3. The summed E-state index contributed by atoms with van der Waals surface area (Å²) in [5.41, 5.74) is 2.50. The van der Waals surface area contributed by atoms with E-state index in [1.54, 1.807) is 0 Å². The number of piperidine rings is 1. The summed E-state index contributed by atoms with van der Waals surface area (Å²) < 4.78 is 1.10. The molecule has 1 unspecified atom stereocenters. The number of nitrogens with one attached hydrogen (secondary N) is 1. The lowest BCUT2D eigenvalue weighted by atomic mass is 10.0. The van der Waals surface area contributed by atoms with Crippen molar-refractivity contribution in [2.75, 3.05) is 0 Å². The van der Waals surface area contributed by atoms with Crippen LogP contribution in [0.4, 0.5) is 0 Å². The highest BCUT2D eigenvalue weighted by Gasteiger charge is 2.56. The van der Waals surface area contributed by atoms with E-state index >= 15 is 0 Å². The molecule has 3 atom stereocenters.